The lowest BCUT2D eigenvalue weighted by atomic mass is 10.0. The third kappa shape index (κ3) is 5.05. The van der Waals surface area contributed by atoms with Crippen molar-refractivity contribution in [2.75, 3.05) is 12.0 Å². The molecule has 0 aromatic heterocycles. The lowest BCUT2D eigenvalue weighted by Gasteiger charge is -2.28. The molecule has 0 bridgehead atoms. The molecule has 1 fully saturated rings. The molecule has 4 rings (SSSR count). The standard InChI is InChI=1S/C27H23ClN2O5/c1-16-7-9-18(10-8-16)15-35-24-14-20(34-3)12-11-19(24)13-21-25(31)29-27(33)30(26(21)32)23-6-4-5-22(28)17(23)2/h4-14H,15H2,1-3H3,(H,29,31,33)/b21-13+. The highest BCUT2D eigenvalue weighted by Gasteiger charge is 2.37. The van der Waals surface area contributed by atoms with Crippen molar-refractivity contribution in [3.05, 3.63) is 93.5 Å². The average Bonchev–Trinajstić information content (AvgIpc) is 2.84. The van der Waals surface area contributed by atoms with Gasteiger partial charge in [-0.15, -0.1) is 0 Å². The molecule has 1 aliphatic heterocycles. The smallest absolute Gasteiger partial charge is 0.335 e. The molecule has 0 spiro atoms. The van der Waals surface area contributed by atoms with E-state index in [1.807, 2.05) is 31.2 Å². The Kier molecular flexibility index (Phi) is 6.89. The number of rotatable bonds is 6. The SMILES string of the molecule is COc1ccc(/C=C2\C(=O)NC(=O)N(c3cccc(Cl)c3C)C2=O)c(OCc2ccc(C)cc2)c1. The zero-order valence-corrected chi connectivity index (χ0v) is 20.2. The normalized spacial score (nSPS) is 14.8. The van der Waals surface area contributed by atoms with Crippen molar-refractivity contribution in [2.45, 2.75) is 20.5 Å². The molecule has 1 heterocycles. The number of nitrogens with zero attached hydrogens (tertiary/aromatic N) is 1. The van der Waals surface area contributed by atoms with Crippen LogP contribution in [0.25, 0.3) is 6.08 Å². The first-order valence-electron chi connectivity index (χ1n) is 10.8. The van der Waals surface area contributed by atoms with Crippen molar-refractivity contribution in [3.8, 4) is 11.5 Å². The quantitative estimate of drug-likeness (QED) is 0.378. The number of urea groups is 1. The van der Waals surface area contributed by atoms with Gasteiger partial charge < -0.3 is 9.47 Å². The van der Waals surface area contributed by atoms with Gasteiger partial charge in [0.25, 0.3) is 11.8 Å². The number of hydrogen-bond acceptors (Lipinski definition) is 5. The summed E-state index contributed by atoms with van der Waals surface area (Å²) in [5.74, 6) is -0.585. The second kappa shape index (κ2) is 10.0. The van der Waals surface area contributed by atoms with Crippen LogP contribution in [0.15, 0.2) is 66.2 Å². The van der Waals surface area contributed by atoms with Crippen molar-refractivity contribution in [1.29, 1.82) is 0 Å². The minimum Gasteiger partial charge on any atom is -0.497 e. The number of ether oxygens (including phenoxy) is 2. The number of anilines is 1. The Labute approximate surface area is 207 Å². The van der Waals surface area contributed by atoms with Crippen LogP contribution in [0, 0.1) is 13.8 Å². The predicted molar refractivity (Wildman–Crippen MR) is 134 cm³/mol. The summed E-state index contributed by atoms with van der Waals surface area (Å²) < 4.78 is 11.3. The number of carbonyl (C=O) groups is 3. The van der Waals surface area contributed by atoms with E-state index >= 15 is 0 Å². The van der Waals surface area contributed by atoms with Crippen LogP contribution >= 0.6 is 11.6 Å². The number of amides is 4. The summed E-state index contributed by atoms with van der Waals surface area (Å²) in [7, 11) is 1.53. The van der Waals surface area contributed by atoms with Crippen LogP contribution in [0.5, 0.6) is 11.5 Å². The van der Waals surface area contributed by atoms with E-state index in [-0.39, 0.29) is 12.2 Å². The molecule has 7 nitrogen and oxygen atoms in total. The number of halogens is 1. The highest BCUT2D eigenvalue weighted by Crippen LogP contribution is 2.32. The largest absolute Gasteiger partial charge is 0.497 e. The van der Waals surface area contributed by atoms with E-state index < -0.39 is 17.8 Å². The van der Waals surface area contributed by atoms with Crippen LogP contribution in [0.2, 0.25) is 5.02 Å². The fourth-order valence-electron chi connectivity index (χ4n) is 3.60. The molecule has 1 saturated heterocycles. The number of barbiturate groups is 1. The predicted octanol–water partition coefficient (Wildman–Crippen LogP) is 5.21. The second-order valence-corrected chi connectivity index (χ2v) is 8.43. The number of imide groups is 2. The van der Waals surface area contributed by atoms with E-state index in [1.165, 1.54) is 13.2 Å². The molecule has 0 atom stereocenters. The average molecular weight is 491 g/mol. The van der Waals surface area contributed by atoms with Crippen molar-refractivity contribution in [2.24, 2.45) is 0 Å². The molecule has 0 unspecified atom stereocenters. The van der Waals surface area contributed by atoms with Gasteiger partial charge in [0.2, 0.25) is 0 Å². The number of aryl methyl sites for hydroxylation is 1. The summed E-state index contributed by atoms with van der Waals surface area (Å²) >= 11 is 6.19. The number of hydrogen-bond donors (Lipinski definition) is 1. The van der Waals surface area contributed by atoms with Crippen molar-refractivity contribution in [3.63, 3.8) is 0 Å². The molecule has 3 aromatic carbocycles. The molecule has 0 saturated carbocycles. The molecule has 0 radical (unpaired) electrons. The molecule has 178 valence electrons. The minimum atomic E-state index is -0.840. The van der Waals surface area contributed by atoms with E-state index in [1.54, 1.807) is 43.3 Å². The van der Waals surface area contributed by atoms with E-state index in [2.05, 4.69) is 5.32 Å². The van der Waals surface area contributed by atoms with E-state index in [9.17, 15) is 14.4 Å². The van der Waals surface area contributed by atoms with Gasteiger partial charge in [-0.25, -0.2) is 9.69 Å². The van der Waals surface area contributed by atoms with Gasteiger partial charge in [-0.3, -0.25) is 14.9 Å². The summed E-state index contributed by atoms with van der Waals surface area (Å²) in [5.41, 5.74) is 3.19. The van der Waals surface area contributed by atoms with Gasteiger partial charge in [-0.1, -0.05) is 47.5 Å². The topological polar surface area (TPSA) is 84.9 Å². The Morgan fingerprint density at radius 3 is 2.46 bits per heavy atom. The van der Waals surface area contributed by atoms with Gasteiger partial charge in [-0.2, -0.15) is 0 Å². The minimum absolute atomic E-state index is 0.214. The van der Waals surface area contributed by atoms with Crippen LogP contribution in [-0.2, 0) is 16.2 Å². The van der Waals surface area contributed by atoms with Gasteiger partial charge in [0.15, 0.2) is 0 Å². The molecule has 1 N–H and O–H groups in total. The van der Waals surface area contributed by atoms with Gasteiger partial charge in [-0.05, 0) is 55.3 Å². The van der Waals surface area contributed by atoms with Gasteiger partial charge in [0, 0.05) is 16.7 Å². The highest BCUT2D eigenvalue weighted by atomic mass is 35.5. The zero-order valence-electron chi connectivity index (χ0n) is 19.4. The first kappa shape index (κ1) is 24.0. The van der Waals surface area contributed by atoms with E-state index in [0.29, 0.717) is 33.3 Å². The van der Waals surface area contributed by atoms with Crippen LogP contribution < -0.4 is 19.7 Å². The number of methoxy groups -OCH3 is 1. The third-order valence-electron chi connectivity index (χ3n) is 5.62. The molecule has 35 heavy (non-hydrogen) atoms. The molecule has 1 aliphatic rings. The lowest BCUT2D eigenvalue weighted by Crippen LogP contribution is -2.54. The Bertz CT molecular complexity index is 1350. The van der Waals surface area contributed by atoms with Crippen LogP contribution in [0.4, 0.5) is 10.5 Å². The fourth-order valence-corrected chi connectivity index (χ4v) is 3.77. The van der Waals surface area contributed by atoms with E-state index in [0.717, 1.165) is 16.0 Å². The monoisotopic (exact) mass is 490 g/mol. The maximum atomic E-state index is 13.3. The van der Waals surface area contributed by atoms with Crippen molar-refractivity contribution < 1.29 is 23.9 Å². The van der Waals surface area contributed by atoms with Crippen LogP contribution in [0.1, 0.15) is 22.3 Å². The Morgan fingerprint density at radius 1 is 1.00 bits per heavy atom. The zero-order chi connectivity index (χ0) is 25.1. The highest BCUT2D eigenvalue weighted by molar-refractivity contribution is 6.40. The maximum absolute atomic E-state index is 13.3. The summed E-state index contributed by atoms with van der Waals surface area (Å²) in [5, 5.41) is 2.63. The van der Waals surface area contributed by atoms with Crippen LogP contribution in [-0.4, -0.2) is 25.0 Å². The number of carbonyl (C=O) groups excluding carboxylic acids is 3. The summed E-state index contributed by atoms with van der Waals surface area (Å²) in [6, 6.07) is 17.0. The van der Waals surface area contributed by atoms with Gasteiger partial charge >= 0.3 is 6.03 Å². The fraction of sp³-hybridized carbons (Fsp3) is 0.148. The second-order valence-electron chi connectivity index (χ2n) is 8.02. The van der Waals surface area contributed by atoms with Crippen LogP contribution in [0.3, 0.4) is 0 Å². The molecular formula is C27H23ClN2O5. The summed E-state index contributed by atoms with van der Waals surface area (Å²) in [4.78, 5) is 39.5. The van der Waals surface area contributed by atoms with Gasteiger partial charge in [0.05, 0.1) is 12.8 Å². The number of nitrogens with one attached hydrogen (secondary N) is 1. The van der Waals surface area contributed by atoms with Crippen molar-refractivity contribution >= 4 is 41.2 Å². The first-order valence-corrected chi connectivity index (χ1v) is 11.2. The lowest BCUT2D eigenvalue weighted by molar-refractivity contribution is -0.122. The first-order chi connectivity index (χ1) is 16.8. The molecular weight excluding hydrogens is 468 g/mol. The van der Waals surface area contributed by atoms with Crippen molar-refractivity contribution in [1.82, 2.24) is 5.32 Å². The third-order valence-corrected chi connectivity index (χ3v) is 6.03. The Morgan fingerprint density at radius 2 is 1.74 bits per heavy atom. The Balaban J connectivity index is 1.70. The Hall–Kier alpha value is -4.10. The number of benzene rings is 3. The van der Waals surface area contributed by atoms with Gasteiger partial charge in [0.1, 0.15) is 23.7 Å². The summed E-state index contributed by atoms with van der Waals surface area (Å²) in [6.07, 6.45) is 1.40. The summed E-state index contributed by atoms with van der Waals surface area (Å²) in [6.45, 7) is 3.97. The molecule has 0 aliphatic carbocycles. The molecule has 4 amide bonds. The van der Waals surface area contributed by atoms with E-state index in [4.69, 9.17) is 21.1 Å². The molecule has 8 heteroatoms. The molecule has 3 aromatic rings. The maximum Gasteiger partial charge on any atom is 0.335 e.